The topological polar surface area (TPSA) is 34.2 Å². The lowest BCUT2D eigenvalue weighted by molar-refractivity contribution is 0.0224. The van der Waals surface area contributed by atoms with Crippen molar-refractivity contribution in [3.63, 3.8) is 0 Å². The fourth-order valence-electron chi connectivity index (χ4n) is 3.89. The van der Waals surface area contributed by atoms with Crippen LogP contribution in [0.4, 0.5) is 0 Å². The first-order chi connectivity index (χ1) is 12.2. The first-order valence-corrected chi connectivity index (χ1v) is 9.51. The lowest BCUT2D eigenvalue weighted by atomic mass is 9.96. The minimum Gasteiger partial charge on any atom is -0.493 e. The van der Waals surface area contributed by atoms with Crippen LogP contribution in [-0.2, 0) is 11.3 Å². The maximum Gasteiger partial charge on any atom is 0.179 e. The van der Waals surface area contributed by atoms with Crippen molar-refractivity contribution in [2.75, 3.05) is 60.2 Å². The summed E-state index contributed by atoms with van der Waals surface area (Å²) in [6.07, 6.45) is 2.56. The molecule has 1 atom stereocenters. The molecule has 0 saturated carbocycles. The largest absolute Gasteiger partial charge is 0.493 e. The van der Waals surface area contributed by atoms with Crippen LogP contribution >= 0.6 is 11.6 Å². The number of likely N-dealkylation sites (tertiary alicyclic amines) is 1. The fourth-order valence-corrected chi connectivity index (χ4v) is 4.18. The normalized spacial score (nSPS) is 22.8. The summed E-state index contributed by atoms with van der Waals surface area (Å²) in [5.74, 6) is 2.04. The summed E-state index contributed by atoms with van der Waals surface area (Å²) in [5, 5.41) is 0.664. The number of morpholine rings is 1. The van der Waals surface area contributed by atoms with Crippen LogP contribution in [-0.4, -0.2) is 70.0 Å². The van der Waals surface area contributed by atoms with Gasteiger partial charge in [0.2, 0.25) is 0 Å². The number of hydrogen-bond donors (Lipinski definition) is 0. The number of benzene rings is 1. The minimum absolute atomic E-state index is 0.628. The highest BCUT2D eigenvalue weighted by Gasteiger charge is 2.24. The lowest BCUT2D eigenvalue weighted by Crippen LogP contribution is -2.44. The summed E-state index contributed by atoms with van der Waals surface area (Å²) in [7, 11) is 3.27. The fraction of sp³-hybridized carbons (Fsp3) is 0.684. The maximum atomic E-state index is 6.55. The van der Waals surface area contributed by atoms with Crippen LogP contribution in [0.15, 0.2) is 12.1 Å². The van der Waals surface area contributed by atoms with E-state index in [0.717, 1.165) is 57.4 Å². The van der Waals surface area contributed by atoms with Crippen molar-refractivity contribution in [1.29, 1.82) is 0 Å². The predicted octanol–water partition coefficient (Wildman–Crippen LogP) is 2.90. The minimum atomic E-state index is 0.628. The standard InChI is InChI=1S/C19H29ClN2O3/c1-23-17-6-5-16(18(20)19(17)24-2)14-22-7-3-4-15(13-22)12-21-8-10-25-11-9-21/h5-6,15H,3-4,7-14H2,1-2H3. The second-order valence-electron chi connectivity index (χ2n) is 6.93. The van der Waals surface area contributed by atoms with Gasteiger partial charge in [-0.15, -0.1) is 0 Å². The Hall–Kier alpha value is -1.01. The van der Waals surface area contributed by atoms with E-state index in [1.54, 1.807) is 14.2 Å². The van der Waals surface area contributed by atoms with Crippen LogP contribution in [0.3, 0.4) is 0 Å². The molecule has 2 fully saturated rings. The van der Waals surface area contributed by atoms with Gasteiger partial charge in [-0.05, 0) is 36.9 Å². The van der Waals surface area contributed by atoms with Crippen molar-refractivity contribution in [3.8, 4) is 11.5 Å². The summed E-state index contributed by atoms with van der Waals surface area (Å²) < 4.78 is 16.2. The highest BCUT2D eigenvalue weighted by molar-refractivity contribution is 6.33. The molecule has 0 radical (unpaired) electrons. The Kier molecular flexibility index (Phi) is 6.82. The Morgan fingerprint density at radius 1 is 1.12 bits per heavy atom. The first-order valence-electron chi connectivity index (χ1n) is 9.13. The highest BCUT2D eigenvalue weighted by atomic mass is 35.5. The zero-order valence-corrected chi connectivity index (χ0v) is 16.1. The molecular formula is C19H29ClN2O3. The van der Waals surface area contributed by atoms with E-state index in [2.05, 4.69) is 15.9 Å². The molecule has 5 nitrogen and oxygen atoms in total. The van der Waals surface area contributed by atoms with Gasteiger partial charge in [0.1, 0.15) is 0 Å². The SMILES string of the molecule is COc1ccc(CN2CCCC(CN3CCOCC3)C2)c(Cl)c1OC. The molecule has 25 heavy (non-hydrogen) atoms. The molecule has 1 aromatic rings. The van der Waals surface area contributed by atoms with Crippen LogP contribution in [0.1, 0.15) is 18.4 Å². The number of rotatable bonds is 6. The monoisotopic (exact) mass is 368 g/mol. The highest BCUT2D eigenvalue weighted by Crippen LogP contribution is 2.38. The second-order valence-corrected chi connectivity index (χ2v) is 7.31. The molecule has 0 N–H and O–H groups in total. The van der Waals surface area contributed by atoms with E-state index in [-0.39, 0.29) is 0 Å². The molecule has 0 aromatic heterocycles. The number of nitrogens with zero attached hydrogens (tertiary/aromatic N) is 2. The van der Waals surface area contributed by atoms with Crippen molar-refractivity contribution >= 4 is 11.6 Å². The van der Waals surface area contributed by atoms with Gasteiger partial charge < -0.3 is 14.2 Å². The summed E-state index contributed by atoms with van der Waals surface area (Å²) in [6.45, 7) is 8.18. The number of methoxy groups -OCH3 is 2. The van der Waals surface area contributed by atoms with Crippen molar-refractivity contribution in [1.82, 2.24) is 9.80 Å². The molecule has 2 saturated heterocycles. The Morgan fingerprint density at radius 3 is 2.64 bits per heavy atom. The lowest BCUT2D eigenvalue weighted by Gasteiger charge is -2.37. The number of ether oxygens (including phenoxy) is 3. The van der Waals surface area contributed by atoms with Gasteiger partial charge in [-0.3, -0.25) is 9.80 Å². The van der Waals surface area contributed by atoms with Gasteiger partial charge in [-0.1, -0.05) is 17.7 Å². The smallest absolute Gasteiger partial charge is 0.179 e. The first kappa shape index (κ1) is 18.8. The van der Waals surface area contributed by atoms with Gasteiger partial charge in [0.05, 0.1) is 32.5 Å². The van der Waals surface area contributed by atoms with Gasteiger partial charge in [-0.2, -0.15) is 0 Å². The molecule has 2 aliphatic heterocycles. The molecule has 0 spiro atoms. The van der Waals surface area contributed by atoms with Crippen LogP contribution in [0.5, 0.6) is 11.5 Å². The third-order valence-corrected chi connectivity index (χ3v) is 5.60. The summed E-state index contributed by atoms with van der Waals surface area (Å²) in [4.78, 5) is 5.06. The third-order valence-electron chi connectivity index (χ3n) is 5.18. The molecule has 0 aliphatic carbocycles. The predicted molar refractivity (Wildman–Crippen MR) is 99.8 cm³/mol. The Bertz CT molecular complexity index is 564. The van der Waals surface area contributed by atoms with Crippen LogP contribution in [0, 0.1) is 5.92 Å². The van der Waals surface area contributed by atoms with Crippen LogP contribution < -0.4 is 9.47 Å². The van der Waals surface area contributed by atoms with Crippen LogP contribution in [0.2, 0.25) is 5.02 Å². The van der Waals surface area contributed by atoms with Gasteiger partial charge in [-0.25, -0.2) is 0 Å². The molecule has 0 bridgehead atoms. The molecule has 0 amide bonds. The maximum absolute atomic E-state index is 6.55. The number of halogens is 1. The molecule has 2 aliphatic rings. The van der Waals surface area contributed by atoms with Crippen molar-refractivity contribution in [2.24, 2.45) is 5.92 Å². The van der Waals surface area contributed by atoms with Crippen molar-refractivity contribution < 1.29 is 14.2 Å². The molecular weight excluding hydrogens is 340 g/mol. The van der Waals surface area contributed by atoms with E-state index in [0.29, 0.717) is 16.5 Å². The average molecular weight is 369 g/mol. The van der Waals surface area contributed by atoms with Crippen molar-refractivity contribution in [3.05, 3.63) is 22.7 Å². The number of piperidine rings is 1. The quantitative estimate of drug-likeness (QED) is 0.771. The van der Waals surface area contributed by atoms with Gasteiger partial charge in [0.15, 0.2) is 11.5 Å². The molecule has 1 unspecified atom stereocenters. The molecule has 140 valence electrons. The van der Waals surface area contributed by atoms with Crippen molar-refractivity contribution in [2.45, 2.75) is 19.4 Å². The second kappa shape index (κ2) is 9.08. The van der Waals surface area contributed by atoms with E-state index >= 15 is 0 Å². The summed E-state index contributed by atoms with van der Waals surface area (Å²) >= 11 is 6.55. The Balaban J connectivity index is 1.60. The third kappa shape index (κ3) is 4.79. The summed E-state index contributed by atoms with van der Waals surface area (Å²) in [6, 6.07) is 3.99. The van der Waals surface area contributed by atoms with E-state index in [9.17, 15) is 0 Å². The Labute approximate surface area is 155 Å². The average Bonchev–Trinajstić information content (AvgIpc) is 2.64. The van der Waals surface area contributed by atoms with Crippen LogP contribution in [0.25, 0.3) is 0 Å². The summed E-state index contributed by atoms with van der Waals surface area (Å²) in [5.41, 5.74) is 1.10. The Morgan fingerprint density at radius 2 is 1.92 bits per heavy atom. The molecule has 6 heteroatoms. The zero-order valence-electron chi connectivity index (χ0n) is 15.3. The van der Waals surface area contributed by atoms with E-state index < -0.39 is 0 Å². The molecule has 3 rings (SSSR count). The van der Waals surface area contributed by atoms with E-state index in [1.807, 2.05) is 6.07 Å². The van der Waals surface area contributed by atoms with Gasteiger partial charge >= 0.3 is 0 Å². The molecule has 1 aromatic carbocycles. The number of hydrogen-bond acceptors (Lipinski definition) is 5. The van der Waals surface area contributed by atoms with Gasteiger partial charge in [0.25, 0.3) is 0 Å². The molecule has 2 heterocycles. The van der Waals surface area contributed by atoms with E-state index in [1.165, 1.54) is 19.4 Å². The van der Waals surface area contributed by atoms with E-state index in [4.69, 9.17) is 25.8 Å². The zero-order chi connectivity index (χ0) is 17.6. The van der Waals surface area contributed by atoms with Gasteiger partial charge in [0, 0.05) is 32.7 Å².